The molecule has 0 aliphatic carbocycles. The molecular weight excluding hydrogens is 267 g/mol. The van der Waals surface area contributed by atoms with Crippen molar-refractivity contribution in [3.63, 3.8) is 0 Å². The summed E-state index contributed by atoms with van der Waals surface area (Å²) in [5.41, 5.74) is -0.449. The first kappa shape index (κ1) is 17.0. The van der Waals surface area contributed by atoms with Crippen LogP contribution in [0.1, 0.15) is 37.8 Å². The average molecular weight is 289 g/mol. The van der Waals surface area contributed by atoms with Gasteiger partial charge in [0.15, 0.2) is 0 Å². The molecular formula is C15H22F3NO. The Bertz CT molecular complexity index is 416. The summed E-state index contributed by atoms with van der Waals surface area (Å²) < 4.78 is 38.3. The van der Waals surface area contributed by atoms with E-state index in [1.807, 2.05) is 13.8 Å². The Labute approximate surface area is 118 Å². The number of halogens is 3. The van der Waals surface area contributed by atoms with Crippen LogP contribution >= 0.6 is 0 Å². The lowest BCUT2D eigenvalue weighted by molar-refractivity contribution is -0.138. The zero-order chi connectivity index (χ0) is 15.2. The normalized spacial score (nSPS) is 12.7. The summed E-state index contributed by atoms with van der Waals surface area (Å²) in [6.07, 6.45) is -2.66. The van der Waals surface area contributed by atoms with Crippen molar-refractivity contribution in [1.29, 1.82) is 0 Å². The first-order valence-electron chi connectivity index (χ1n) is 6.73. The molecule has 0 fully saturated rings. The van der Waals surface area contributed by atoms with Gasteiger partial charge in [0.1, 0.15) is 0 Å². The Morgan fingerprint density at radius 2 is 1.80 bits per heavy atom. The van der Waals surface area contributed by atoms with Crippen LogP contribution in [0.4, 0.5) is 13.2 Å². The van der Waals surface area contributed by atoms with Gasteiger partial charge in [-0.15, -0.1) is 0 Å². The lowest BCUT2D eigenvalue weighted by Gasteiger charge is -2.21. The summed E-state index contributed by atoms with van der Waals surface area (Å²) in [5, 5.41) is 12.1. The molecule has 2 N–H and O–H groups in total. The smallest absolute Gasteiger partial charge is 0.396 e. The molecule has 0 saturated carbocycles. The minimum atomic E-state index is -4.31. The fourth-order valence-electron chi connectivity index (χ4n) is 1.95. The van der Waals surface area contributed by atoms with Crippen molar-refractivity contribution in [1.82, 2.24) is 5.32 Å². The maximum absolute atomic E-state index is 12.8. The van der Waals surface area contributed by atoms with Crippen molar-refractivity contribution in [2.24, 2.45) is 5.41 Å². The molecule has 114 valence electrons. The Morgan fingerprint density at radius 1 is 1.15 bits per heavy atom. The zero-order valence-electron chi connectivity index (χ0n) is 11.9. The highest BCUT2D eigenvalue weighted by atomic mass is 19.4. The maximum atomic E-state index is 12.8. The third-order valence-electron chi connectivity index (χ3n) is 3.27. The largest absolute Gasteiger partial charge is 0.416 e. The lowest BCUT2D eigenvalue weighted by atomic mass is 9.89. The fraction of sp³-hybridized carbons (Fsp3) is 0.600. The van der Waals surface area contributed by atoms with Crippen LogP contribution in [0.3, 0.4) is 0 Å². The Balaban J connectivity index is 2.44. The molecule has 0 bridgehead atoms. The number of hydrogen-bond donors (Lipinski definition) is 2. The lowest BCUT2D eigenvalue weighted by Crippen LogP contribution is -2.22. The monoisotopic (exact) mass is 289 g/mol. The summed E-state index contributed by atoms with van der Waals surface area (Å²) >= 11 is 0. The zero-order valence-corrected chi connectivity index (χ0v) is 11.9. The quantitative estimate of drug-likeness (QED) is 0.752. The van der Waals surface area contributed by atoms with Gasteiger partial charge in [-0.3, -0.25) is 0 Å². The Hall–Kier alpha value is -1.07. The standard InChI is InChI=1S/C15H22F3NO/c1-14(2,11-20)8-5-9-19-10-12-6-3-4-7-13(12)15(16,17)18/h3-4,6-7,19-20H,5,8-11H2,1-2H3. The third kappa shape index (κ3) is 5.51. The molecule has 0 amide bonds. The summed E-state index contributed by atoms with van der Waals surface area (Å²) in [5.74, 6) is 0. The van der Waals surface area contributed by atoms with E-state index in [1.54, 1.807) is 6.07 Å². The maximum Gasteiger partial charge on any atom is 0.416 e. The number of aliphatic hydroxyl groups excluding tert-OH is 1. The summed E-state index contributed by atoms with van der Waals surface area (Å²) in [6, 6.07) is 5.61. The Morgan fingerprint density at radius 3 is 2.40 bits per heavy atom. The van der Waals surface area contributed by atoms with E-state index < -0.39 is 11.7 Å². The van der Waals surface area contributed by atoms with Gasteiger partial charge in [0.2, 0.25) is 0 Å². The van der Waals surface area contributed by atoms with Crippen LogP contribution in [-0.2, 0) is 12.7 Å². The van der Waals surface area contributed by atoms with Crippen molar-refractivity contribution in [3.8, 4) is 0 Å². The van der Waals surface area contributed by atoms with Crippen molar-refractivity contribution >= 4 is 0 Å². The van der Waals surface area contributed by atoms with Crippen molar-refractivity contribution in [3.05, 3.63) is 35.4 Å². The highest BCUT2D eigenvalue weighted by Gasteiger charge is 2.32. The van der Waals surface area contributed by atoms with Crippen LogP contribution < -0.4 is 5.32 Å². The van der Waals surface area contributed by atoms with Gasteiger partial charge in [0.05, 0.1) is 5.56 Å². The molecule has 0 unspecified atom stereocenters. The van der Waals surface area contributed by atoms with Gasteiger partial charge in [0.25, 0.3) is 0 Å². The van der Waals surface area contributed by atoms with Gasteiger partial charge >= 0.3 is 6.18 Å². The summed E-state index contributed by atoms with van der Waals surface area (Å²) in [6.45, 7) is 4.88. The molecule has 20 heavy (non-hydrogen) atoms. The molecule has 1 aromatic rings. The van der Waals surface area contributed by atoms with Crippen LogP contribution in [0.2, 0.25) is 0 Å². The van der Waals surface area contributed by atoms with Gasteiger partial charge in [-0.1, -0.05) is 32.0 Å². The molecule has 0 heterocycles. The topological polar surface area (TPSA) is 32.3 Å². The van der Waals surface area contributed by atoms with Crippen LogP contribution in [0.15, 0.2) is 24.3 Å². The summed E-state index contributed by atoms with van der Waals surface area (Å²) in [4.78, 5) is 0. The molecule has 0 aliphatic heterocycles. The van der Waals surface area contributed by atoms with Crippen LogP contribution in [0.25, 0.3) is 0 Å². The van der Waals surface area contributed by atoms with Crippen molar-refractivity contribution in [2.45, 2.75) is 39.4 Å². The summed E-state index contributed by atoms with van der Waals surface area (Å²) in [7, 11) is 0. The van der Waals surface area contributed by atoms with Gasteiger partial charge in [-0.05, 0) is 36.4 Å². The second kappa shape index (κ2) is 7.09. The molecule has 0 saturated heterocycles. The van der Waals surface area contributed by atoms with E-state index in [9.17, 15) is 13.2 Å². The highest BCUT2D eigenvalue weighted by Crippen LogP contribution is 2.31. The number of nitrogens with one attached hydrogen (secondary N) is 1. The van der Waals surface area contributed by atoms with E-state index in [-0.39, 0.29) is 24.1 Å². The number of aliphatic hydroxyl groups is 1. The molecule has 1 rings (SSSR count). The van der Waals surface area contributed by atoms with E-state index >= 15 is 0 Å². The Kier molecular flexibility index (Phi) is 6.02. The van der Waals surface area contributed by atoms with E-state index in [0.29, 0.717) is 6.54 Å². The van der Waals surface area contributed by atoms with Gasteiger partial charge < -0.3 is 10.4 Å². The molecule has 2 nitrogen and oxygen atoms in total. The van der Waals surface area contributed by atoms with Crippen molar-refractivity contribution < 1.29 is 18.3 Å². The second-order valence-corrected chi connectivity index (χ2v) is 5.76. The minimum Gasteiger partial charge on any atom is -0.396 e. The number of hydrogen-bond acceptors (Lipinski definition) is 2. The van der Waals surface area contributed by atoms with Crippen LogP contribution in [-0.4, -0.2) is 18.3 Å². The average Bonchev–Trinajstić information content (AvgIpc) is 2.37. The number of benzene rings is 1. The van der Waals surface area contributed by atoms with Crippen LogP contribution in [0, 0.1) is 5.41 Å². The molecule has 0 atom stereocenters. The molecule has 0 spiro atoms. The fourth-order valence-corrected chi connectivity index (χ4v) is 1.95. The van der Waals surface area contributed by atoms with Gasteiger partial charge in [-0.25, -0.2) is 0 Å². The van der Waals surface area contributed by atoms with E-state index in [0.717, 1.165) is 18.9 Å². The highest BCUT2D eigenvalue weighted by molar-refractivity contribution is 5.29. The predicted octanol–water partition coefficient (Wildman–Crippen LogP) is 3.59. The molecule has 0 aliphatic rings. The first-order chi connectivity index (χ1) is 9.26. The second-order valence-electron chi connectivity index (χ2n) is 5.76. The molecule has 1 aromatic carbocycles. The van der Waals surface area contributed by atoms with Crippen molar-refractivity contribution in [2.75, 3.05) is 13.2 Å². The number of alkyl halides is 3. The molecule has 0 radical (unpaired) electrons. The van der Waals surface area contributed by atoms with Crippen LogP contribution in [0.5, 0.6) is 0 Å². The van der Waals surface area contributed by atoms with E-state index in [2.05, 4.69) is 5.32 Å². The molecule has 0 aromatic heterocycles. The number of rotatable bonds is 7. The third-order valence-corrected chi connectivity index (χ3v) is 3.27. The predicted molar refractivity (Wildman–Crippen MR) is 73.3 cm³/mol. The minimum absolute atomic E-state index is 0.115. The van der Waals surface area contributed by atoms with E-state index in [1.165, 1.54) is 12.1 Å². The molecule has 5 heteroatoms. The first-order valence-corrected chi connectivity index (χ1v) is 6.73. The van der Waals surface area contributed by atoms with Gasteiger partial charge in [0, 0.05) is 13.2 Å². The SMILES string of the molecule is CC(C)(CO)CCCNCc1ccccc1C(F)(F)F. The van der Waals surface area contributed by atoms with Gasteiger partial charge in [-0.2, -0.15) is 13.2 Å². The van der Waals surface area contributed by atoms with E-state index in [4.69, 9.17) is 5.11 Å².